The number of carbonyl (C=O) groups excluding carboxylic acids is 3. The molecular formula is C19H16ClFN2O4. The average molecular weight is 391 g/mol. The Hall–Kier alpha value is -2.93. The molecule has 1 heterocycles. The van der Waals surface area contributed by atoms with Gasteiger partial charge in [-0.2, -0.15) is 0 Å². The molecule has 0 bridgehead atoms. The summed E-state index contributed by atoms with van der Waals surface area (Å²) >= 11 is 5.66. The minimum Gasteiger partial charge on any atom is -0.452 e. The number of benzene rings is 2. The highest BCUT2D eigenvalue weighted by Crippen LogP contribution is 2.31. The maximum atomic E-state index is 13.8. The lowest BCUT2D eigenvalue weighted by atomic mass is 10.1. The normalized spacial score (nSPS) is 16.2. The highest BCUT2D eigenvalue weighted by Gasteiger charge is 2.30. The van der Waals surface area contributed by atoms with E-state index in [0.717, 1.165) is 6.07 Å². The highest BCUT2D eigenvalue weighted by molar-refractivity contribution is 6.30. The Bertz CT molecular complexity index is 918. The van der Waals surface area contributed by atoms with Gasteiger partial charge in [0.1, 0.15) is 5.82 Å². The lowest BCUT2D eigenvalue weighted by Crippen LogP contribution is -2.41. The summed E-state index contributed by atoms with van der Waals surface area (Å²) in [6, 6.07) is 9.94. The van der Waals surface area contributed by atoms with E-state index in [1.165, 1.54) is 17.0 Å². The standard InChI is InChI=1S/C19H16ClFN2O4/c1-11-8-17(24)22-15-4-2-3-5-16(15)23(11)18(25)10-27-19(26)13-7-6-12(20)9-14(13)21/h2-7,9,11H,8,10H2,1H3,(H,22,24)/t11-/m0/s1. The minimum atomic E-state index is -0.970. The highest BCUT2D eigenvalue weighted by atomic mass is 35.5. The number of rotatable bonds is 3. The number of halogens is 2. The molecule has 0 aliphatic carbocycles. The molecule has 0 spiro atoms. The van der Waals surface area contributed by atoms with Crippen molar-refractivity contribution in [1.29, 1.82) is 0 Å². The fraction of sp³-hybridized carbons (Fsp3) is 0.211. The van der Waals surface area contributed by atoms with Gasteiger partial charge >= 0.3 is 5.97 Å². The summed E-state index contributed by atoms with van der Waals surface area (Å²) < 4.78 is 18.8. The van der Waals surface area contributed by atoms with Crippen molar-refractivity contribution in [3.05, 3.63) is 58.9 Å². The maximum absolute atomic E-state index is 13.8. The van der Waals surface area contributed by atoms with E-state index >= 15 is 0 Å². The van der Waals surface area contributed by atoms with Crippen LogP contribution >= 0.6 is 11.6 Å². The number of hydrogen-bond donors (Lipinski definition) is 1. The van der Waals surface area contributed by atoms with Gasteiger partial charge in [-0.05, 0) is 37.3 Å². The van der Waals surface area contributed by atoms with Crippen LogP contribution in [0.3, 0.4) is 0 Å². The molecule has 6 nitrogen and oxygen atoms in total. The van der Waals surface area contributed by atoms with Gasteiger partial charge in [-0.1, -0.05) is 23.7 Å². The third-order valence-corrected chi connectivity index (χ3v) is 4.34. The van der Waals surface area contributed by atoms with Gasteiger partial charge in [-0.15, -0.1) is 0 Å². The summed E-state index contributed by atoms with van der Waals surface area (Å²) in [6.07, 6.45) is 0.0974. The molecule has 2 aromatic carbocycles. The quantitative estimate of drug-likeness (QED) is 0.815. The topological polar surface area (TPSA) is 75.7 Å². The summed E-state index contributed by atoms with van der Waals surface area (Å²) in [5.74, 6) is -2.54. The Kier molecular flexibility index (Phi) is 5.41. The molecule has 0 saturated heterocycles. The van der Waals surface area contributed by atoms with Crippen LogP contribution in [-0.2, 0) is 14.3 Å². The number of carbonyl (C=O) groups is 3. The van der Waals surface area contributed by atoms with Crippen molar-refractivity contribution in [3.8, 4) is 0 Å². The van der Waals surface area contributed by atoms with Crippen molar-refractivity contribution in [1.82, 2.24) is 0 Å². The zero-order valence-corrected chi connectivity index (χ0v) is 15.1. The van der Waals surface area contributed by atoms with E-state index in [1.54, 1.807) is 31.2 Å². The van der Waals surface area contributed by atoms with Gasteiger partial charge in [0.25, 0.3) is 5.91 Å². The van der Waals surface area contributed by atoms with E-state index in [4.69, 9.17) is 16.3 Å². The molecule has 1 aliphatic heterocycles. The number of esters is 1. The molecule has 0 unspecified atom stereocenters. The number of anilines is 2. The molecule has 0 aromatic heterocycles. The molecule has 2 aromatic rings. The second-order valence-corrected chi connectivity index (χ2v) is 6.52. The van der Waals surface area contributed by atoms with Gasteiger partial charge in [0.15, 0.2) is 6.61 Å². The Morgan fingerprint density at radius 2 is 2.04 bits per heavy atom. The lowest BCUT2D eigenvalue weighted by Gasteiger charge is -2.27. The molecule has 1 N–H and O–H groups in total. The van der Waals surface area contributed by atoms with Gasteiger partial charge < -0.3 is 15.0 Å². The van der Waals surface area contributed by atoms with Crippen LogP contribution in [0.1, 0.15) is 23.7 Å². The van der Waals surface area contributed by atoms with E-state index in [9.17, 15) is 18.8 Å². The maximum Gasteiger partial charge on any atom is 0.341 e. The number of para-hydroxylation sites is 2. The minimum absolute atomic E-state index is 0.0974. The number of ether oxygens (including phenoxy) is 1. The molecule has 0 radical (unpaired) electrons. The number of nitrogens with one attached hydrogen (secondary N) is 1. The Morgan fingerprint density at radius 1 is 1.30 bits per heavy atom. The molecule has 0 fully saturated rings. The van der Waals surface area contributed by atoms with Crippen molar-refractivity contribution in [2.75, 3.05) is 16.8 Å². The Morgan fingerprint density at radius 3 is 2.78 bits per heavy atom. The molecule has 1 atom stereocenters. The van der Waals surface area contributed by atoms with Crippen LogP contribution in [-0.4, -0.2) is 30.4 Å². The molecule has 0 saturated carbocycles. The number of nitrogens with zero attached hydrogens (tertiary/aromatic N) is 1. The van der Waals surface area contributed by atoms with Crippen LogP contribution in [0.4, 0.5) is 15.8 Å². The Balaban J connectivity index is 1.77. The molecule has 2 amide bonds. The van der Waals surface area contributed by atoms with Gasteiger partial charge in [0.2, 0.25) is 5.91 Å². The second kappa shape index (κ2) is 7.75. The van der Waals surface area contributed by atoms with Crippen LogP contribution < -0.4 is 10.2 Å². The Labute approximate surface area is 159 Å². The number of fused-ring (bicyclic) bond motifs is 1. The summed E-state index contributed by atoms with van der Waals surface area (Å²) in [6.45, 7) is 1.13. The van der Waals surface area contributed by atoms with Crippen molar-refractivity contribution in [3.63, 3.8) is 0 Å². The first-order valence-corrected chi connectivity index (χ1v) is 8.57. The molecule has 27 heavy (non-hydrogen) atoms. The molecule has 8 heteroatoms. The lowest BCUT2D eigenvalue weighted by molar-refractivity contribution is -0.122. The fourth-order valence-electron chi connectivity index (χ4n) is 2.90. The van der Waals surface area contributed by atoms with Crippen molar-refractivity contribution in [2.45, 2.75) is 19.4 Å². The summed E-state index contributed by atoms with van der Waals surface area (Å²) in [5.41, 5.74) is 0.693. The first-order chi connectivity index (χ1) is 12.9. The van der Waals surface area contributed by atoms with E-state index in [2.05, 4.69) is 5.32 Å². The van der Waals surface area contributed by atoms with Gasteiger partial charge in [0.05, 0.1) is 16.9 Å². The molecular weight excluding hydrogens is 375 g/mol. The molecule has 140 valence electrons. The predicted molar refractivity (Wildman–Crippen MR) is 98.3 cm³/mol. The van der Waals surface area contributed by atoms with Crippen LogP contribution in [0.25, 0.3) is 0 Å². The van der Waals surface area contributed by atoms with E-state index < -0.39 is 30.3 Å². The predicted octanol–water partition coefficient (Wildman–Crippen LogP) is 3.40. The fourth-order valence-corrected chi connectivity index (χ4v) is 3.06. The number of hydrogen-bond acceptors (Lipinski definition) is 4. The van der Waals surface area contributed by atoms with Crippen LogP contribution in [0.15, 0.2) is 42.5 Å². The third-order valence-electron chi connectivity index (χ3n) is 4.11. The summed E-state index contributed by atoms with van der Waals surface area (Å²) in [7, 11) is 0. The van der Waals surface area contributed by atoms with Crippen molar-refractivity contribution >= 4 is 40.8 Å². The van der Waals surface area contributed by atoms with E-state index in [-0.39, 0.29) is 22.9 Å². The first kappa shape index (κ1) is 18.8. The first-order valence-electron chi connectivity index (χ1n) is 8.20. The van der Waals surface area contributed by atoms with E-state index in [0.29, 0.717) is 11.4 Å². The van der Waals surface area contributed by atoms with Crippen molar-refractivity contribution < 1.29 is 23.5 Å². The zero-order chi connectivity index (χ0) is 19.6. The SMILES string of the molecule is C[C@H]1CC(=O)Nc2ccccc2N1C(=O)COC(=O)c1ccc(Cl)cc1F. The van der Waals surface area contributed by atoms with Gasteiger partial charge in [-0.3, -0.25) is 9.59 Å². The van der Waals surface area contributed by atoms with Crippen molar-refractivity contribution in [2.24, 2.45) is 0 Å². The summed E-state index contributed by atoms with van der Waals surface area (Å²) in [4.78, 5) is 38.1. The number of amides is 2. The summed E-state index contributed by atoms with van der Waals surface area (Å²) in [5, 5.41) is 2.88. The van der Waals surface area contributed by atoms with Crippen LogP contribution in [0, 0.1) is 5.82 Å². The monoisotopic (exact) mass is 390 g/mol. The second-order valence-electron chi connectivity index (χ2n) is 6.08. The zero-order valence-electron chi connectivity index (χ0n) is 14.4. The third kappa shape index (κ3) is 4.09. The van der Waals surface area contributed by atoms with Gasteiger partial charge in [0, 0.05) is 17.5 Å². The van der Waals surface area contributed by atoms with Gasteiger partial charge in [-0.25, -0.2) is 9.18 Å². The van der Waals surface area contributed by atoms with E-state index in [1.807, 2.05) is 0 Å². The molecule has 3 rings (SSSR count). The van der Waals surface area contributed by atoms with Crippen LogP contribution in [0.2, 0.25) is 5.02 Å². The largest absolute Gasteiger partial charge is 0.452 e. The van der Waals surface area contributed by atoms with Crippen LogP contribution in [0.5, 0.6) is 0 Å². The average Bonchev–Trinajstić information content (AvgIpc) is 2.73. The molecule has 1 aliphatic rings. The smallest absolute Gasteiger partial charge is 0.341 e.